The molecule has 0 aromatic heterocycles. The van der Waals surface area contributed by atoms with E-state index < -0.39 is 16.0 Å². The van der Waals surface area contributed by atoms with Crippen molar-refractivity contribution in [3.05, 3.63) is 53.6 Å². The van der Waals surface area contributed by atoms with Crippen LogP contribution >= 0.6 is 11.6 Å². The fourth-order valence-electron chi connectivity index (χ4n) is 1.97. The van der Waals surface area contributed by atoms with Gasteiger partial charge in [-0.2, -0.15) is 0 Å². The van der Waals surface area contributed by atoms with Crippen LogP contribution in [0.15, 0.2) is 53.4 Å². The van der Waals surface area contributed by atoms with Crippen molar-refractivity contribution in [1.29, 1.82) is 0 Å². The highest BCUT2D eigenvalue weighted by molar-refractivity contribution is 7.92. The zero-order valence-electron chi connectivity index (χ0n) is 12.7. The SMILES string of the molecule is O=C(O)CCCNc1ccc(S(=O)(=O)Nc2ccccc2Cl)cc1. The van der Waals surface area contributed by atoms with Crippen molar-refractivity contribution in [2.75, 3.05) is 16.6 Å². The van der Waals surface area contributed by atoms with Crippen LogP contribution in [0.4, 0.5) is 11.4 Å². The average molecular weight is 369 g/mol. The van der Waals surface area contributed by atoms with Crippen LogP contribution in [0.5, 0.6) is 0 Å². The number of hydrogen-bond donors (Lipinski definition) is 3. The Bertz CT molecular complexity index is 807. The van der Waals surface area contributed by atoms with Crippen molar-refractivity contribution in [2.45, 2.75) is 17.7 Å². The van der Waals surface area contributed by atoms with Gasteiger partial charge in [0.25, 0.3) is 10.0 Å². The molecule has 0 amide bonds. The predicted octanol–water partition coefficient (Wildman–Crippen LogP) is 3.42. The van der Waals surface area contributed by atoms with Gasteiger partial charge in [0, 0.05) is 18.7 Å². The van der Waals surface area contributed by atoms with Crippen molar-refractivity contribution in [2.24, 2.45) is 0 Å². The molecular weight excluding hydrogens is 352 g/mol. The summed E-state index contributed by atoms with van der Waals surface area (Å²) < 4.78 is 27.1. The summed E-state index contributed by atoms with van der Waals surface area (Å²) >= 11 is 5.96. The topological polar surface area (TPSA) is 95.5 Å². The second kappa shape index (κ2) is 8.03. The molecule has 8 heteroatoms. The van der Waals surface area contributed by atoms with E-state index in [1.165, 1.54) is 12.1 Å². The fourth-order valence-corrected chi connectivity index (χ4v) is 3.29. The van der Waals surface area contributed by atoms with Gasteiger partial charge in [-0.15, -0.1) is 0 Å². The number of halogens is 1. The molecule has 3 N–H and O–H groups in total. The quantitative estimate of drug-likeness (QED) is 0.620. The fraction of sp³-hybridized carbons (Fsp3) is 0.188. The number of aliphatic carboxylic acids is 1. The lowest BCUT2D eigenvalue weighted by atomic mass is 10.3. The number of hydrogen-bond acceptors (Lipinski definition) is 4. The van der Waals surface area contributed by atoms with Gasteiger partial charge in [0.15, 0.2) is 0 Å². The summed E-state index contributed by atoms with van der Waals surface area (Å²) in [5.41, 5.74) is 1.03. The standard InChI is InChI=1S/C16H17ClN2O4S/c17-14-4-1-2-5-15(14)19-24(22,23)13-9-7-12(8-10-13)18-11-3-6-16(20)21/h1-2,4-5,7-10,18-19H,3,6,11H2,(H,20,21). The minimum absolute atomic E-state index is 0.0845. The number of sulfonamides is 1. The summed E-state index contributed by atoms with van der Waals surface area (Å²) in [5.74, 6) is -0.844. The van der Waals surface area contributed by atoms with Crippen LogP contribution in [0.25, 0.3) is 0 Å². The molecule has 0 spiro atoms. The number of carbonyl (C=O) groups is 1. The smallest absolute Gasteiger partial charge is 0.303 e. The number of benzene rings is 2. The van der Waals surface area contributed by atoms with Crippen LogP contribution in [0, 0.1) is 0 Å². The van der Waals surface area contributed by atoms with Gasteiger partial charge in [-0.25, -0.2) is 8.42 Å². The largest absolute Gasteiger partial charge is 0.481 e. The highest BCUT2D eigenvalue weighted by Crippen LogP contribution is 2.24. The Kier molecular flexibility index (Phi) is 6.05. The van der Waals surface area contributed by atoms with Gasteiger partial charge in [-0.05, 0) is 42.8 Å². The number of nitrogens with one attached hydrogen (secondary N) is 2. The highest BCUT2D eigenvalue weighted by atomic mass is 35.5. The highest BCUT2D eigenvalue weighted by Gasteiger charge is 2.15. The van der Waals surface area contributed by atoms with Gasteiger partial charge in [0.1, 0.15) is 0 Å². The van der Waals surface area contributed by atoms with Gasteiger partial charge in [0.2, 0.25) is 0 Å². The van der Waals surface area contributed by atoms with E-state index in [4.69, 9.17) is 16.7 Å². The lowest BCUT2D eigenvalue weighted by Crippen LogP contribution is -2.13. The Hall–Kier alpha value is -2.25. The molecule has 0 fully saturated rings. The third kappa shape index (κ3) is 5.14. The normalized spacial score (nSPS) is 11.0. The molecule has 0 bridgehead atoms. The number of para-hydroxylation sites is 1. The molecule has 0 aliphatic rings. The Labute approximate surface area is 145 Å². The van der Waals surface area contributed by atoms with E-state index in [9.17, 15) is 13.2 Å². The summed E-state index contributed by atoms with van der Waals surface area (Å²) in [6.45, 7) is 0.496. The van der Waals surface area contributed by atoms with Crippen molar-refractivity contribution in [3.63, 3.8) is 0 Å². The van der Waals surface area contributed by atoms with Gasteiger partial charge >= 0.3 is 5.97 Å². The number of carboxylic acid groups (broad SMARTS) is 1. The maximum Gasteiger partial charge on any atom is 0.303 e. The molecule has 2 rings (SSSR count). The third-order valence-electron chi connectivity index (χ3n) is 3.18. The molecule has 0 unspecified atom stereocenters. The van der Waals surface area contributed by atoms with E-state index in [-0.39, 0.29) is 11.3 Å². The summed E-state index contributed by atoms with van der Waals surface area (Å²) in [7, 11) is -3.73. The minimum Gasteiger partial charge on any atom is -0.481 e. The molecule has 24 heavy (non-hydrogen) atoms. The monoisotopic (exact) mass is 368 g/mol. The van der Waals surface area contributed by atoms with Crippen molar-refractivity contribution >= 4 is 39.0 Å². The Morgan fingerprint density at radius 3 is 2.38 bits per heavy atom. The first-order valence-corrected chi connectivity index (χ1v) is 9.08. The molecule has 0 atom stereocenters. The Morgan fingerprint density at radius 2 is 1.75 bits per heavy atom. The van der Waals surface area contributed by atoms with Gasteiger partial charge < -0.3 is 10.4 Å². The van der Waals surface area contributed by atoms with Crippen molar-refractivity contribution in [3.8, 4) is 0 Å². The first-order chi connectivity index (χ1) is 11.4. The Balaban J connectivity index is 2.01. The van der Waals surface area contributed by atoms with Crippen LogP contribution in [0.2, 0.25) is 5.02 Å². The van der Waals surface area contributed by atoms with Crippen LogP contribution in [-0.2, 0) is 14.8 Å². The van der Waals surface area contributed by atoms with Gasteiger partial charge in [-0.1, -0.05) is 23.7 Å². The summed E-state index contributed by atoms with van der Waals surface area (Å²) in [6.07, 6.45) is 0.574. The minimum atomic E-state index is -3.73. The van der Waals surface area contributed by atoms with E-state index in [0.717, 1.165) is 5.69 Å². The molecule has 128 valence electrons. The van der Waals surface area contributed by atoms with E-state index >= 15 is 0 Å². The summed E-state index contributed by atoms with van der Waals surface area (Å²) in [6, 6.07) is 12.8. The predicted molar refractivity (Wildman–Crippen MR) is 94.1 cm³/mol. The molecule has 0 heterocycles. The molecule has 0 radical (unpaired) electrons. The van der Waals surface area contributed by atoms with E-state index in [0.29, 0.717) is 23.7 Å². The summed E-state index contributed by atoms with van der Waals surface area (Å²) in [4.78, 5) is 10.5. The lowest BCUT2D eigenvalue weighted by molar-refractivity contribution is -0.137. The molecule has 0 saturated heterocycles. The lowest BCUT2D eigenvalue weighted by Gasteiger charge is -2.10. The molecule has 0 saturated carbocycles. The average Bonchev–Trinajstić information content (AvgIpc) is 2.54. The van der Waals surface area contributed by atoms with Gasteiger partial charge in [0.05, 0.1) is 15.6 Å². The van der Waals surface area contributed by atoms with E-state index in [1.54, 1.807) is 36.4 Å². The van der Waals surface area contributed by atoms with Crippen molar-refractivity contribution in [1.82, 2.24) is 0 Å². The van der Waals surface area contributed by atoms with Crippen LogP contribution in [0.1, 0.15) is 12.8 Å². The molecular formula is C16H17ClN2O4S. The number of anilines is 2. The van der Waals surface area contributed by atoms with E-state index in [1.807, 2.05) is 0 Å². The van der Waals surface area contributed by atoms with Crippen LogP contribution in [-0.4, -0.2) is 26.0 Å². The molecule has 0 aliphatic carbocycles. The van der Waals surface area contributed by atoms with E-state index in [2.05, 4.69) is 10.0 Å². The molecule has 2 aromatic carbocycles. The van der Waals surface area contributed by atoms with Gasteiger partial charge in [-0.3, -0.25) is 9.52 Å². The first-order valence-electron chi connectivity index (χ1n) is 7.21. The maximum atomic E-state index is 12.3. The molecule has 2 aromatic rings. The number of rotatable bonds is 8. The molecule has 0 aliphatic heterocycles. The van der Waals surface area contributed by atoms with Crippen LogP contribution < -0.4 is 10.0 Å². The molecule has 6 nitrogen and oxygen atoms in total. The zero-order chi connectivity index (χ0) is 17.6. The number of carboxylic acids is 1. The second-order valence-corrected chi connectivity index (χ2v) is 7.12. The maximum absolute atomic E-state index is 12.3. The summed E-state index contributed by atoms with van der Waals surface area (Å²) in [5, 5.41) is 11.9. The second-order valence-electron chi connectivity index (χ2n) is 5.03. The van der Waals surface area contributed by atoms with Crippen molar-refractivity contribution < 1.29 is 18.3 Å². The van der Waals surface area contributed by atoms with Crippen LogP contribution in [0.3, 0.4) is 0 Å². The first kappa shape index (κ1) is 18.1. The zero-order valence-corrected chi connectivity index (χ0v) is 14.3. The Morgan fingerprint density at radius 1 is 1.08 bits per heavy atom. The third-order valence-corrected chi connectivity index (χ3v) is 4.89.